The first-order valence-electron chi connectivity index (χ1n) is 5.58. The highest BCUT2D eigenvalue weighted by atomic mass is 35.5. The highest BCUT2D eigenvalue weighted by Gasteiger charge is 2.13. The molecule has 0 radical (unpaired) electrons. The molecule has 0 atom stereocenters. The van der Waals surface area contributed by atoms with Gasteiger partial charge >= 0.3 is 0 Å². The van der Waals surface area contributed by atoms with Crippen molar-refractivity contribution < 1.29 is 0 Å². The zero-order valence-electron chi connectivity index (χ0n) is 9.28. The molecule has 16 heavy (non-hydrogen) atoms. The Morgan fingerprint density at radius 1 is 1.31 bits per heavy atom. The van der Waals surface area contributed by atoms with Gasteiger partial charge in [0.1, 0.15) is 0 Å². The van der Waals surface area contributed by atoms with Crippen LogP contribution < -0.4 is 5.32 Å². The maximum absolute atomic E-state index is 8.81. The number of piperidine rings is 1. The van der Waals surface area contributed by atoms with E-state index < -0.39 is 0 Å². The molecule has 1 saturated heterocycles. The summed E-state index contributed by atoms with van der Waals surface area (Å²) >= 11 is 0. The first-order valence-corrected chi connectivity index (χ1v) is 5.58. The molecule has 0 unspecified atom stereocenters. The van der Waals surface area contributed by atoms with Gasteiger partial charge in [-0.2, -0.15) is 5.26 Å². The van der Waals surface area contributed by atoms with Crippen molar-refractivity contribution in [2.45, 2.75) is 19.3 Å². The number of nitrogens with zero attached hydrogens (tertiary/aromatic N) is 1. The Hall–Kier alpha value is -1.04. The molecule has 0 amide bonds. The summed E-state index contributed by atoms with van der Waals surface area (Å²) in [7, 11) is 0. The Balaban J connectivity index is 0.00000128. The second-order valence-corrected chi connectivity index (χ2v) is 4.21. The van der Waals surface area contributed by atoms with E-state index in [1.54, 1.807) is 0 Å². The molecule has 0 aromatic heterocycles. The number of hydrogen-bond acceptors (Lipinski definition) is 2. The molecule has 1 fully saturated rings. The first-order chi connectivity index (χ1) is 7.38. The van der Waals surface area contributed by atoms with Gasteiger partial charge in [-0.05, 0) is 56.0 Å². The van der Waals surface area contributed by atoms with Gasteiger partial charge in [-0.3, -0.25) is 0 Å². The minimum atomic E-state index is 0. The van der Waals surface area contributed by atoms with Crippen molar-refractivity contribution in [3.8, 4) is 6.07 Å². The molecular formula is C13H17ClN2. The molecule has 1 N–H and O–H groups in total. The van der Waals surface area contributed by atoms with Crippen LogP contribution in [0.5, 0.6) is 0 Å². The largest absolute Gasteiger partial charge is 0.317 e. The van der Waals surface area contributed by atoms with Gasteiger partial charge in [-0.15, -0.1) is 12.4 Å². The van der Waals surface area contributed by atoms with Gasteiger partial charge in [0, 0.05) is 0 Å². The van der Waals surface area contributed by atoms with Crippen LogP contribution in [0.2, 0.25) is 0 Å². The highest BCUT2D eigenvalue weighted by Crippen LogP contribution is 2.18. The monoisotopic (exact) mass is 236 g/mol. The van der Waals surface area contributed by atoms with E-state index in [4.69, 9.17) is 5.26 Å². The second-order valence-electron chi connectivity index (χ2n) is 4.21. The number of benzene rings is 1. The molecule has 0 aliphatic carbocycles. The average molecular weight is 237 g/mol. The zero-order valence-corrected chi connectivity index (χ0v) is 10.1. The minimum absolute atomic E-state index is 0. The summed E-state index contributed by atoms with van der Waals surface area (Å²) in [4.78, 5) is 0. The van der Waals surface area contributed by atoms with Crippen LogP contribution in [0.25, 0.3) is 0 Å². The molecule has 1 aliphatic heterocycles. The summed E-state index contributed by atoms with van der Waals surface area (Å²) in [6, 6.07) is 10.2. The highest BCUT2D eigenvalue weighted by molar-refractivity contribution is 5.85. The molecule has 2 nitrogen and oxygen atoms in total. The van der Waals surface area contributed by atoms with Crippen molar-refractivity contribution in [1.82, 2.24) is 5.32 Å². The van der Waals surface area contributed by atoms with E-state index in [1.807, 2.05) is 18.2 Å². The average Bonchev–Trinajstić information content (AvgIpc) is 2.31. The van der Waals surface area contributed by atoms with Crippen LogP contribution >= 0.6 is 12.4 Å². The molecule has 2 rings (SSSR count). The normalized spacial score (nSPS) is 16.2. The van der Waals surface area contributed by atoms with E-state index in [2.05, 4.69) is 17.5 Å². The lowest BCUT2D eigenvalue weighted by molar-refractivity contribution is 0.372. The molecule has 0 bridgehead atoms. The fourth-order valence-electron chi connectivity index (χ4n) is 2.19. The quantitative estimate of drug-likeness (QED) is 0.857. The van der Waals surface area contributed by atoms with Crippen LogP contribution in [0, 0.1) is 17.2 Å². The summed E-state index contributed by atoms with van der Waals surface area (Å²) < 4.78 is 0. The van der Waals surface area contributed by atoms with E-state index >= 15 is 0 Å². The Kier molecular flexibility index (Phi) is 5.31. The molecule has 1 aromatic carbocycles. The summed E-state index contributed by atoms with van der Waals surface area (Å²) in [5, 5.41) is 12.2. The molecule has 3 heteroatoms. The zero-order chi connectivity index (χ0) is 10.5. The molecule has 1 aromatic rings. The van der Waals surface area contributed by atoms with Crippen LogP contribution in [0.3, 0.4) is 0 Å². The standard InChI is InChI=1S/C13H16N2.ClH/c14-10-13-3-1-2-12(9-13)8-11-4-6-15-7-5-11;/h1-3,9,11,15H,4-8H2;1H. The third kappa shape index (κ3) is 3.52. The van der Waals surface area contributed by atoms with E-state index in [0.717, 1.165) is 31.0 Å². The van der Waals surface area contributed by atoms with Crippen LogP contribution in [-0.2, 0) is 6.42 Å². The van der Waals surface area contributed by atoms with Crippen LogP contribution in [0.15, 0.2) is 24.3 Å². The van der Waals surface area contributed by atoms with Crippen molar-refractivity contribution in [3.63, 3.8) is 0 Å². The van der Waals surface area contributed by atoms with E-state index in [1.165, 1.54) is 18.4 Å². The van der Waals surface area contributed by atoms with Crippen LogP contribution in [-0.4, -0.2) is 13.1 Å². The fourth-order valence-corrected chi connectivity index (χ4v) is 2.19. The van der Waals surface area contributed by atoms with Gasteiger partial charge in [-0.1, -0.05) is 12.1 Å². The molecule has 0 spiro atoms. The third-order valence-electron chi connectivity index (χ3n) is 3.04. The molecule has 1 aliphatic rings. The number of halogens is 1. The maximum Gasteiger partial charge on any atom is 0.0991 e. The van der Waals surface area contributed by atoms with E-state index in [-0.39, 0.29) is 12.4 Å². The lowest BCUT2D eigenvalue weighted by atomic mass is 9.90. The fraction of sp³-hybridized carbons (Fsp3) is 0.462. The SMILES string of the molecule is Cl.N#Cc1cccc(CC2CCNCC2)c1. The summed E-state index contributed by atoms with van der Waals surface area (Å²) in [5.74, 6) is 0.792. The van der Waals surface area contributed by atoms with Gasteiger partial charge < -0.3 is 5.32 Å². The topological polar surface area (TPSA) is 35.8 Å². The van der Waals surface area contributed by atoms with Crippen molar-refractivity contribution >= 4 is 12.4 Å². The van der Waals surface area contributed by atoms with Crippen molar-refractivity contribution in [1.29, 1.82) is 5.26 Å². The van der Waals surface area contributed by atoms with Crippen molar-refractivity contribution in [2.75, 3.05) is 13.1 Å². The van der Waals surface area contributed by atoms with Gasteiger partial charge in [0.25, 0.3) is 0 Å². The van der Waals surface area contributed by atoms with Crippen LogP contribution in [0.4, 0.5) is 0 Å². The van der Waals surface area contributed by atoms with Gasteiger partial charge in [0.15, 0.2) is 0 Å². The van der Waals surface area contributed by atoms with E-state index in [9.17, 15) is 0 Å². The predicted molar refractivity (Wildman–Crippen MR) is 67.7 cm³/mol. The number of rotatable bonds is 2. The Labute approximate surface area is 103 Å². The Morgan fingerprint density at radius 2 is 2.06 bits per heavy atom. The summed E-state index contributed by atoms with van der Waals surface area (Å²) in [6.07, 6.45) is 3.64. The van der Waals surface area contributed by atoms with Gasteiger partial charge in [0.05, 0.1) is 11.6 Å². The second kappa shape index (κ2) is 6.52. The molecule has 86 valence electrons. The molecule has 0 saturated carbocycles. The third-order valence-corrected chi connectivity index (χ3v) is 3.04. The summed E-state index contributed by atoms with van der Waals surface area (Å²) in [6.45, 7) is 2.28. The Morgan fingerprint density at radius 3 is 2.75 bits per heavy atom. The van der Waals surface area contributed by atoms with Gasteiger partial charge in [-0.25, -0.2) is 0 Å². The van der Waals surface area contributed by atoms with Crippen LogP contribution in [0.1, 0.15) is 24.0 Å². The first kappa shape index (κ1) is 13.0. The molecule has 1 heterocycles. The van der Waals surface area contributed by atoms with Gasteiger partial charge in [0.2, 0.25) is 0 Å². The number of nitriles is 1. The van der Waals surface area contributed by atoms with Crippen molar-refractivity contribution in [2.24, 2.45) is 5.92 Å². The minimum Gasteiger partial charge on any atom is -0.317 e. The lowest BCUT2D eigenvalue weighted by Gasteiger charge is -2.22. The smallest absolute Gasteiger partial charge is 0.0991 e. The Bertz CT molecular complexity index is 364. The maximum atomic E-state index is 8.81. The molecular weight excluding hydrogens is 220 g/mol. The predicted octanol–water partition coefficient (Wildman–Crippen LogP) is 2.52. The van der Waals surface area contributed by atoms with E-state index in [0.29, 0.717) is 0 Å². The number of nitrogens with one attached hydrogen (secondary N) is 1. The lowest BCUT2D eigenvalue weighted by Crippen LogP contribution is -2.28. The number of hydrogen-bond donors (Lipinski definition) is 1. The summed E-state index contributed by atoms with van der Waals surface area (Å²) in [5.41, 5.74) is 2.09. The van der Waals surface area contributed by atoms with Crippen molar-refractivity contribution in [3.05, 3.63) is 35.4 Å².